The summed E-state index contributed by atoms with van der Waals surface area (Å²) in [5, 5.41) is 6.48. The standard InChI is InChI=1S/C17H22ClNS/c1-9-7-10(2)13(5)14(12(9)4)16(19-6)17-15(18)11(3)8-20-17/h7-8,16,19H,1-6H3. The molecule has 0 aliphatic heterocycles. The Morgan fingerprint density at radius 1 is 1.00 bits per heavy atom. The summed E-state index contributed by atoms with van der Waals surface area (Å²) in [5.74, 6) is 0. The monoisotopic (exact) mass is 307 g/mol. The van der Waals surface area contributed by atoms with Crippen LogP contribution >= 0.6 is 22.9 Å². The fraction of sp³-hybridized carbons (Fsp3) is 0.412. The summed E-state index contributed by atoms with van der Waals surface area (Å²) in [5.41, 5.74) is 7.92. The van der Waals surface area contributed by atoms with Crippen molar-refractivity contribution in [3.05, 3.63) is 54.7 Å². The Bertz CT molecular complexity index is 617. The van der Waals surface area contributed by atoms with Crippen molar-refractivity contribution < 1.29 is 0 Å². The highest BCUT2D eigenvalue weighted by Gasteiger charge is 2.23. The number of halogens is 1. The first kappa shape index (κ1) is 15.6. The summed E-state index contributed by atoms with van der Waals surface area (Å²) in [4.78, 5) is 1.21. The van der Waals surface area contributed by atoms with E-state index in [2.05, 4.69) is 51.4 Å². The molecule has 2 aromatic rings. The molecule has 2 rings (SSSR count). The van der Waals surface area contributed by atoms with E-state index in [-0.39, 0.29) is 6.04 Å². The molecular formula is C17H22ClNS. The maximum atomic E-state index is 6.49. The van der Waals surface area contributed by atoms with E-state index < -0.39 is 0 Å². The lowest BCUT2D eigenvalue weighted by Gasteiger charge is -2.23. The largest absolute Gasteiger partial charge is 0.309 e. The molecule has 3 heteroatoms. The summed E-state index contributed by atoms with van der Waals surface area (Å²) in [6, 6.07) is 2.43. The molecule has 1 aromatic heterocycles. The molecule has 0 aliphatic carbocycles. The number of hydrogen-bond acceptors (Lipinski definition) is 2. The molecule has 0 spiro atoms. The van der Waals surface area contributed by atoms with E-state index >= 15 is 0 Å². The van der Waals surface area contributed by atoms with Gasteiger partial charge in [-0.2, -0.15) is 0 Å². The van der Waals surface area contributed by atoms with Gasteiger partial charge in [-0.25, -0.2) is 0 Å². The Kier molecular flexibility index (Phi) is 4.58. The van der Waals surface area contributed by atoms with Crippen LogP contribution in [0, 0.1) is 34.6 Å². The van der Waals surface area contributed by atoms with Crippen LogP contribution in [0.3, 0.4) is 0 Å². The highest BCUT2D eigenvalue weighted by atomic mass is 35.5. The predicted octanol–water partition coefficient (Wildman–Crippen LogP) is 5.25. The molecule has 1 atom stereocenters. The van der Waals surface area contributed by atoms with Gasteiger partial charge in [-0.05, 0) is 80.4 Å². The van der Waals surface area contributed by atoms with E-state index in [9.17, 15) is 0 Å². The number of aryl methyl sites for hydroxylation is 3. The minimum absolute atomic E-state index is 0.166. The zero-order valence-electron chi connectivity index (χ0n) is 13.0. The van der Waals surface area contributed by atoms with Gasteiger partial charge in [0.05, 0.1) is 11.1 Å². The summed E-state index contributed by atoms with van der Waals surface area (Å²) < 4.78 is 0. The minimum atomic E-state index is 0.166. The van der Waals surface area contributed by atoms with Crippen molar-refractivity contribution in [1.82, 2.24) is 5.32 Å². The van der Waals surface area contributed by atoms with E-state index in [1.807, 2.05) is 7.05 Å². The summed E-state index contributed by atoms with van der Waals surface area (Å²) in [7, 11) is 2.01. The van der Waals surface area contributed by atoms with Crippen LogP contribution in [-0.2, 0) is 0 Å². The molecule has 0 aliphatic rings. The number of nitrogens with one attached hydrogen (secondary N) is 1. The van der Waals surface area contributed by atoms with Crippen LogP contribution < -0.4 is 5.32 Å². The predicted molar refractivity (Wildman–Crippen MR) is 90.4 cm³/mol. The number of rotatable bonds is 3. The van der Waals surface area contributed by atoms with Crippen LogP contribution in [0.25, 0.3) is 0 Å². The Morgan fingerprint density at radius 2 is 1.55 bits per heavy atom. The zero-order chi connectivity index (χ0) is 15.0. The van der Waals surface area contributed by atoms with Gasteiger partial charge in [-0.15, -0.1) is 11.3 Å². The summed E-state index contributed by atoms with van der Waals surface area (Å²) >= 11 is 8.23. The van der Waals surface area contributed by atoms with Gasteiger partial charge >= 0.3 is 0 Å². The highest BCUT2D eigenvalue weighted by Crippen LogP contribution is 2.38. The van der Waals surface area contributed by atoms with Crippen molar-refractivity contribution in [2.75, 3.05) is 7.05 Å². The van der Waals surface area contributed by atoms with Gasteiger partial charge in [-0.3, -0.25) is 0 Å². The molecule has 1 aromatic carbocycles. The second kappa shape index (κ2) is 5.88. The van der Waals surface area contributed by atoms with Crippen molar-refractivity contribution in [1.29, 1.82) is 0 Å². The van der Waals surface area contributed by atoms with Crippen molar-refractivity contribution in [3.63, 3.8) is 0 Å². The maximum Gasteiger partial charge on any atom is 0.0689 e. The van der Waals surface area contributed by atoms with Crippen LogP contribution in [0.2, 0.25) is 5.02 Å². The van der Waals surface area contributed by atoms with Crippen LogP contribution in [0.4, 0.5) is 0 Å². The lowest BCUT2D eigenvalue weighted by atomic mass is 9.89. The lowest BCUT2D eigenvalue weighted by Crippen LogP contribution is -2.20. The molecule has 1 heterocycles. The number of benzene rings is 1. The molecule has 1 nitrogen and oxygen atoms in total. The van der Waals surface area contributed by atoms with Crippen LogP contribution in [0.15, 0.2) is 11.4 Å². The van der Waals surface area contributed by atoms with E-state index in [1.54, 1.807) is 11.3 Å². The van der Waals surface area contributed by atoms with E-state index in [0.29, 0.717) is 0 Å². The molecule has 0 radical (unpaired) electrons. The summed E-state index contributed by atoms with van der Waals surface area (Å²) in [6.07, 6.45) is 0. The van der Waals surface area contributed by atoms with Gasteiger partial charge in [0.1, 0.15) is 0 Å². The first-order valence-electron chi connectivity index (χ1n) is 6.86. The lowest BCUT2D eigenvalue weighted by molar-refractivity contribution is 0.692. The average Bonchev–Trinajstić information content (AvgIpc) is 2.73. The first-order valence-corrected chi connectivity index (χ1v) is 8.12. The zero-order valence-corrected chi connectivity index (χ0v) is 14.6. The smallest absolute Gasteiger partial charge is 0.0689 e. The maximum absolute atomic E-state index is 6.49. The number of thiophene rings is 1. The molecule has 0 saturated carbocycles. The van der Waals surface area contributed by atoms with E-state index in [4.69, 9.17) is 11.6 Å². The normalized spacial score (nSPS) is 12.8. The third-order valence-corrected chi connectivity index (χ3v) is 5.97. The molecule has 0 fully saturated rings. The van der Waals surface area contributed by atoms with Crippen LogP contribution in [0.5, 0.6) is 0 Å². The molecule has 0 amide bonds. The van der Waals surface area contributed by atoms with Crippen molar-refractivity contribution in [3.8, 4) is 0 Å². The quantitative estimate of drug-likeness (QED) is 0.816. The Hall–Kier alpha value is -0.830. The number of hydrogen-bond donors (Lipinski definition) is 1. The Morgan fingerprint density at radius 3 is 1.95 bits per heavy atom. The summed E-state index contributed by atoms with van der Waals surface area (Å²) in [6.45, 7) is 10.8. The van der Waals surface area contributed by atoms with Gasteiger partial charge < -0.3 is 5.32 Å². The molecule has 20 heavy (non-hydrogen) atoms. The van der Waals surface area contributed by atoms with Gasteiger partial charge in [0, 0.05) is 4.88 Å². The van der Waals surface area contributed by atoms with Crippen molar-refractivity contribution in [2.24, 2.45) is 0 Å². The first-order chi connectivity index (χ1) is 9.38. The molecular weight excluding hydrogens is 286 g/mol. The van der Waals surface area contributed by atoms with Gasteiger partial charge in [-0.1, -0.05) is 17.7 Å². The third-order valence-electron chi connectivity index (χ3n) is 4.19. The fourth-order valence-corrected chi connectivity index (χ4v) is 4.15. The topological polar surface area (TPSA) is 12.0 Å². The molecule has 0 saturated heterocycles. The molecule has 0 bridgehead atoms. The van der Waals surface area contributed by atoms with Gasteiger partial charge in [0.2, 0.25) is 0 Å². The van der Waals surface area contributed by atoms with E-state index in [1.165, 1.54) is 32.7 Å². The van der Waals surface area contributed by atoms with Crippen LogP contribution in [-0.4, -0.2) is 7.05 Å². The minimum Gasteiger partial charge on any atom is -0.309 e. The van der Waals surface area contributed by atoms with Crippen molar-refractivity contribution in [2.45, 2.75) is 40.7 Å². The van der Waals surface area contributed by atoms with Crippen LogP contribution in [0.1, 0.15) is 44.3 Å². The molecule has 1 unspecified atom stereocenters. The molecule has 108 valence electrons. The van der Waals surface area contributed by atoms with Gasteiger partial charge in [0.25, 0.3) is 0 Å². The second-order valence-electron chi connectivity index (χ2n) is 5.49. The Labute approximate surface area is 131 Å². The highest BCUT2D eigenvalue weighted by molar-refractivity contribution is 7.10. The second-order valence-corrected chi connectivity index (χ2v) is 6.78. The fourth-order valence-electron chi connectivity index (χ4n) is 2.73. The van der Waals surface area contributed by atoms with E-state index in [0.717, 1.165) is 10.6 Å². The van der Waals surface area contributed by atoms with Gasteiger partial charge in [0.15, 0.2) is 0 Å². The van der Waals surface area contributed by atoms with Crippen molar-refractivity contribution >= 4 is 22.9 Å². The average molecular weight is 308 g/mol. The molecule has 1 N–H and O–H groups in total. The SMILES string of the molecule is CNC(c1scc(C)c1Cl)c1c(C)c(C)cc(C)c1C. The third kappa shape index (κ3) is 2.52. The Balaban J connectivity index is 2.67.